The number of aliphatic carboxylic acids is 1. The summed E-state index contributed by atoms with van der Waals surface area (Å²) in [4.78, 5) is 13.8. The third-order valence-electron chi connectivity index (χ3n) is 5.56. The summed E-state index contributed by atoms with van der Waals surface area (Å²) in [7, 11) is 1.94. The number of carboxylic acids is 1. The number of rotatable bonds is 4. The second-order valence-electron chi connectivity index (χ2n) is 7.44. The molecule has 1 saturated heterocycles. The number of hydrogen-bond acceptors (Lipinski definition) is 4. The summed E-state index contributed by atoms with van der Waals surface area (Å²) in [6.45, 7) is 5.03. The van der Waals surface area contributed by atoms with Gasteiger partial charge in [0, 0.05) is 24.2 Å². The van der Waals surface area contributed by atoms with E-state index < -0.39 is 11.4 Å². The van der Waals surface area contributed by atoms with Gasteiger partial charge in [0.05, 0.1) is 5.69 Å². The molecule has 0 spiro atoms. The van der Waals surface area contributed by atoms with Gasteiger partial charge in [-0.2, -0.15) is 0 Å². The fourth-order valence-electron chi connectivity index (χ4n) is 3.80. The molecule has 1 aliphatic rings. The highest BCUT2D eigenvalue weighted by Crippen LogP contribution is 2.35. The van der Waals surface area contributed by atoms with Gasteiger partial charge in [0.1, 0.15) is 5.41 Å². The van der Waals surface area contributed by atoms with Crippen LogP contribution in [0.15, 0.2) is 53.1 Å². The maximum atomic E-state index is 11.8. The van der Waals surface area contributed by atoms with Gasteiger partial charge >= 0.3 is 5.97 Å². The summed E-state index contributed by atoms with van der Waals surface area (Å²) in [6, 6.07) is 16.0. The van der Waals surface area contributed by atoms with Gasteiger partial charge in [0.15, 0.2) is 5.76 Å². The van der Waals surface area contributed by atoms with Crippen LogP contribution < -0.4 is 0 Å². The van der Waals surface area contributed by atoms with E-state index in [1.54, 1.807) is 0 Å². The average Bonchev–Trinajstić information content (AvgIpc) is 2.98. The Kier molecular flexibility index (Phi) is 4.12. The van der Waals surface area contributed by atoms with Gasteiger partial charge in [-0.05, 0) is 37.6 Å². The molecule has 4 rings (SSSR count). The van der Waals surface area contributed by atoms with Gasteiger partial charge in [-0.15, -0.1) is 0 Å². The molecular formula is C22H22N2O3. The molecule has 0 bridgehead atoms. The Bertz CT molecular complexity index is 981. The molecule has 0 atom stereocenters. The number of carbonyl (C=O) groups is 1. The van der Waals surface area contributed by atoms with E-state index in [4.69, 9.17) is 4.52 Å². The summed E-state index contributed by atoms with van der Waals surface area (Å²) in [5.41, 5.74) is 5.17. The van der Waals surface area contributed by atoms with Gasteiger partial charge in [-0.25, -0.2) is 0 Å². The number of likely N-dealkylation sites (N-methyl/N-ethyl adjacent to an activating group) is 1. The molecule has 1 aliphatic heterocycles. The summed E-state index contributed by atoms with van der Waals surface area (Å²) in [5.74, 6) is 0.0438. The van der Waals surface area contributed by atoms with Crippen LogP contribution in [0.1, 0.15) is 16.8 Å². The second kappa shape index (κ2) is 6.35. The molecule has 1 N–H and O–H groups in total. The van der Waals surface area contributed by atoms with E-state index in [0.29, 0.717) is 13.1 Å². The van der Waals surface area contributed by atoms with Crippen molar-refractivity contribution in [2.45, 2.75) is 19.3 Å². The number of benzene rings is 2. The van der Waals surface area contributed by atoms with Crippen molar-refractivity contribution in [3.63, 3.8) is 0 Å². The summed E-state index contributed by atoms with van der Waals surface area (Å²) < 4.78 is 5.42. The van der Waals surface area contributed by atoms with E-state index in [9.17, 15) is 9.90 Å². The molecule has 5 nitrogen and oxygen atoms in total. The molecule has 0 radical (unpaired) electrons. The second-order valence-corrected chi connectivity index (χ2v) is 7.44. The number of nitrogens with zero attached hydrogens (tertiary/aromatic N) is 2. The standard InChI is InChI=1S/C22H22N2O3/c1-14-15(2)23-27-20(14)18-6-4-16(5-7-18)17-8-10-19(11-9-17)22(21(25)26)12-24(3)13-22/h4-11H,12-13H2,1-3H3,(H,25,26). The van der Waals surface area contributed by atoms with Gasteiger partial charge in [0.2, 0.25) is 0 Å². The summed E-state index contributed by atoms with van der Waals surface area (Å²) in [5, 5.41) is 13.7. The van der Waals surface area contributed by atoms with Crippen molar-refractivity contribution in [3.05, 3.63) is 65.4 Å². The van der Waals surface area contributed by atoms with Crippen LogP contribution >= 0.6 is 0 Å². The predicted octanol–water partition coefficient (Wildman–Crippen LogP) is 3.89. The van der Waals surface area contributed by atoms with Crippen LogP contribution in [0.5, 0.6) is 0 Å². The zero-order valence-corrected chi connectivity index (χ0v) is 15.7. The highest BCUT2D eigenvalue weighted by Gasteiger charge is 2.49. The highest BCUT2D eigenvalue weighted by atomic mass is 16.5. The van der Waals surface area contributed by atoms with Crippen LogP contribution in [0, 0.1) is 13.8 Å². The largest absolute Gasteiger partial charge is 0.481 e. The average molecular weight is 362 g/mol. The number of likely N-dealkylation sites (tertiary alicyclic amines) is 1. The predicted molar refractivity (Wildman–Crippen MR) is 104 cm³/mol. The Morgan fingerprint density at radius 3 is 1.96 bits per heavy atom. The van der Waals surface area contributed by atoms with Crippen LogP contribution in [0.25, 0.3) is 22.5 Å². The van der Waals surface area contributed by atoms with Gasteiger partial charge in [0.25, 0.3) is 0 Å². The first-order valence-corrected chi connectivity index (χ1v) is 8.97. The Morgan fingerprint density at radius 2 is 1.52 bits per heavy atom. The third kappa shape index (κ3) is 2.84. The topological polar surface area (TPSA) is 66.6 Å². The lowest BCUT2D eigenvalue weighted by atomic mass is 9.74. The van der Waals surface area contributed by atoms with E-state index in [1.165, 1.54) is 0 Å². The Morgan fingerprint density at radius 1 is 1.00 bits per heavy atom. The molecule has 0 aliphatic carbocycles. The maximum absolute atomic E-state index is 11.8. The van der Waals surface area contributed by atoms with Crippen molar-refractivity contribution in [2.75, 3.05) is 20.1 Å². The Hall–Kier alpha value is -2.92. The lowest BCUT2D eigenvalue weighted by Gasteiger charge is -2.45. The van der Waals surface area contributed by atoms with Crippen LogP contribution in [-0.2, 0) is 10.2 Å². The van der Waals surface area contributed by atoms with Crippen LogP contribution in [-0.4, -0.2) is 41.3 Å². The molecule has 0 saturated carbocycles. The molecule has 1 aromatic heterocycles. The fourth-order valence-corrected chi connectivity index (χ4v) is 3.80. The Labute approximate surface area is 158 Å². The molecule has 5 heteroatoms. The first kappa shape index (κ1) is 17.5. The molecule has 2 heterocycles. The minimum atomic E-state index is -0.779. The number of hydrogen-bond donors (Lipinski definition) is 1. The van der Waals surface area contributed by atoms with Crippen LogP contribution in [0.2, 0.25) is 0 Å². The zero-order chi connectivity index (χ0) is 19.2. The van der Waals surface area contributed by atoms with Crippen molar-refractivity contribution in [1.82, 2.24) is 10.1 Å². The maximum Gasteiger partial charge on any atom is 0.316 e. The van der Waals surface area contributed by atoms with Crippen molar-refractivity contribution in [1.29, 1.82) is 0 Å². The lowest BCUT2D eigenvalue weighted by Crippen LogP contribution is -2.61. The zero-order valence-electron chi connectivity index (χ0n) is 15.7. The molecule has 2 aromatic carbocycles. The summed E-state index contributed by atoms with van der Waals surface area (Å²) in [6.07, 6.45) is 0. The molecule has 3 aromatic rings. The van der Waals surface area contributed by atoms with E-state index in [2.05, 4.69) is 5.16 Å². The van der Waals surface area contributed by atoms with E-state index in [1.807, 2.05) is 74.3 Å². The lowest BCUT2D eigenvalue weighted by molar-refractivity contribution is -0.150. The number of aromatic nitrogens is 1. The van der Waals surface area contributed by atoms with Crippen molar-refractivity contribution < 1.29 is 14.4 Å². The van der Waals surface area contributed by atoms with Gasteiger partial charge < -0.3 is 14.5 Å². The van der Waals surface area contributed by atoms with E-state index >= 15 is 0 Å². The Balaban J connectivity index is 1.59. The van der Waals surface area contributed by atoms with Gasteiger partial charge in [-0.1, -0.05) is 53.7 Å². The SMILES string of the molecule is Cc1noc(-c2ccc(-c3ccc(C4(C(=O)O)CN(C)C4)cc3)cc2)c1C. The first-order chi connectivity index (χ1) is 12.9. The third-order valence-corrected chi connectivity index (χ3v) is 5.56. The van der Waals surface area contributed by atoms with E-state index in [0.717, 1.165) is 39.3 Å². The molecule has 0 amide bonds. The smallest absolute Gasteiger partial charge is 0.316 e. The monoisotopic (exact) mass is 362 g/mol. The molecule has 138 valence electrons. The van der Waals surface area contributed by atoms with E-state index in [-0.39, 0.29) is 0 Å². The summed E-state index contributed by atoms with van der Waals surface area (Å²) >= 11 is 0. The van der Waals surface area contributed by atoms with Crippen molar-refractivity contribution >= 4 is 5.97 Å². The minimum Gasteiger partial charge on any atom is -0.481 e. The first-order valence-electron chi connectivity index (χ1n) is 8.97. The normalized spacial score (nSPS) is 16.1. The molecule has 27 heavy (non-hydrogen) atoms. The van der Waals surface area contributed by atoms with Gasteiger partial charge in [-0.3, -0.25) is 4.79 Å². The van der Waals surface area contributed by atoms with Crippen molar-refractivity contribution in [3.8, 4) is 22.5 Å². The quantitative estimate of drug-likeness (QED) is 0.763. The van der Waals surface area contributed by atoms with Crippen LogP contribution in [0.4, 0.5) is 0 Å². The molecular weight excluding hydrogens is 340 g/mol. The minimum absolute atomic E-state index is 0.548. The molecule has 0 unspecified atom stereocenters. The fraction of sp³-hybridized carbons (Fsp3) is 0.273. The highest BCUT2D eigenvalue weighted by molar-refractivity contribution is 5.84. The molecule has 1 fully saturated rings. The van der Waals surface area contributed by atoms with Crippen molar-refractivity contribution in [2.24, 2.45) is 0 Å². The van der Waals surface area contributed by atoms with Crippen LogP contribution in [0.3, 0.4) is 0 Å². The number of carboxylic acid groups (broad SMARTS) is 1. The number of aryl methyl sites for hydroxylation is 1.